The van der Waals surface area contributed by atoms with E-state index < -0.39 is 5.41 Å². The van der Waals surface area contributed by atoms with E-state index in [9.17, 15) is 4.79 Å². The molecule has 0 aliphatic carbocycles. The zero-order valence-electron chi connectivity index (χ0n) is 17.6. The minimum Gasteiger partial charge on any atom is -0.354 e. The van der Waals surface area contributed by atoms with Gasteiger partial charge in [0.05, 0.1) is 23.0 Å². The molecule has 4 aromatic rings. The summed E-state index contributed by atoms with van der Waals surface area (Å²) in [5, 5.41) is 15.8. The smallest absolute Gasteiger partial charge is 0.273 e. The van der Waals surface area contributed by atoms with Crippen molar-refractivity contribution in [1.29, 1.82) is 0 Å². The van der Waals surface area contributed by atoms with Crippen molar-refractivity contribution in [2.45, 2.75) is 19.3 Å². The lowest BCUT2D eigenvalue weighted by Gasteiger charge is -2.28. The second-order valence-electron chi connectivity index (χ2n) is 7.63. The highest BCUT2D eigenvalue weighted by Gasteiger charge is 2.33. The Labute approximate surface area is 184 Å². The van der Waals surface area contributed by atoms with E-state index in [0.717, 1.165) is 22.6 Å². The molecule has 0 saturated heterocycles. The molecule has 1 unspecified atom stereocenters. The van der Waals surface area contributed by atoms with Crippen LogP contribution in [0.1, 0.15) is 34.4 Å². The summed E-state index contributed by atoms with van der Waals surface area (Å²) >= 11 is 6.13. The topological polar surface area (TPSA) is 104 Å². The Hall–Kier alpha value is -3.46. The Morgan fingerprint density at radius 2 is 2.10 bits per heavy atom. The van der Waals surface area contributed by atoms with Gasteiger partial charge in [-0.2, -0.15) is 10.2 Å². The Balaban J connectivity index is 1.58. The third kappa shape index (κ3) is 4.09. The maximum Gasteiger partial charge on any atom is 0.273 e. The second-order valence-corrected chi connectivity index (χ2v) is 8.02. The molecule has 0 spiro atoms. The molecule has 0 aliphatic rings. The van der Waals surface area contributed by atoms with Crippen molar-refractivity contribution in [3.8, 4) is 11.5 Å². The Morgan fingerprint density at radius 1 is 1.29 bits per heavy atom. The summed E-state index contributed by atoms with van der Waals surface area (Å²) in [4.78, 5) is 17.3. The molecule has 0 aliphatic heterocycles. The number of pyridine rings is 1. The summed E-state index contributed by atoms with van der Waals surface area (Å²) < 4.78 is 8.76. The predicted molar refractivity (Wildman–Crippen MR) is 115 cm³/mol. The SMILES string of the molecule is Cc1cc(-c2cc(C(=O)NCC(C)(c3cnn(C)c3)c3cccc(Cl)n3)no2)n(C)n1. The monoisotopic (exact) mass is 439 g/mol. The first-order valence-corrected chi connectivity index (χ1v) is 10.0. The molecule has 4 aromatic heterocycles. The number of amides is 1. The number of carbonyl (C=O) groups is 1. The zero-order chi connectivity index (χ0) is 22.2. The van der Waals surface area contributed by atoms with Crippen LogP contribution in [-0.2, 0) is 19.5 Å². The highest BCUT2D eigenvalue weighted by molar-refractivity contribution is 6.29. The maximum absolute atomic E-state index is 12.8. The van der Waals surface area contributed by atoms with Gasteiger partial charge in [0.25, 0.3) is 5.91 Å². The fourth-order valence-electron chi connectivity index (χ4n) is 3.45. The lowest BCUT2D eigenvalue weighted by atomic mass is 9.80. The molecule has 1 atom stereocenters. The second kappa shape index (κ2) is 7.99. The number of hydrogen-bond donors (Lipinski definition) is 1. The number of halogens is 1. The van der Waals surface area contributed by atoms with E-state index in [4.69, 9.17) is 16.1 Å². The lowest BCUT2D eigenvalue weighted by molar-refractivity contribution is 0.0938. The van der Waals surface area contributed by atoms with E-state index >= 15 is 0 Å². The largest absolute Gasteiger partial charge is 0.354 e. The van der Waals surface area contributed by atoms with Crippen LogP contribution in [0.2, 0.25) is 5.15 Å². The molecule has 0 bridgehead atoms. The number of nitrogens with zero attached hydrogens (tertiary/aromatic N) is 6. The predicted octanol–water partition coefficient (Wildman–Crippen LogP) is 2.90. The van der Waals surface area contributed by atoms with E-state index in [2.05, 4.69) is 25.7 Å². The number of nitrogens with one attached hydrogen (secondary N) is 1. The molecule has 1 amide bonds. The minimum absolute atomic E-state index is 0.182. The molecule has 0 fully saturated rings. The fourth-order valence-corrected chi connectivity index (χ4v) is 3.62. The van der Waals surface area contributed by atoms with Crippen molar-refractivity contribution < 1.29 is 9.32 Å². The van der Waals surface area contributed by atoms with Gasteiger partial charge in [-0.3, -0.25) is 14.2 Å². The molecular formula is C21H22ClN7O2. The molecule has 0 aromatic carbocycles. The van der Waals surface area contributed by atoms with Crippen LogP contribution in [-0.4, -0.2) is 42.2 Å². The summed E-state index contributed by atoms with van der Waals surface area (Å²) in [6.07, 6.45) is 3.65. The summed E-state index contributed by atoms with van der Waals surface area (Å²) in [5.41, 5.74) is 2.74. The van der Waals surface area contributed by atoms with Gasteiger partial charge in [-0.25, -0.2) is 4.98 Å². The van der Waals surface area contributed by atoms with Gasteiger partial charge in [-0.1, -0.05) is 22.8 Å². The van der Waals surface area contributed by atoms with Gasteiger partial charge >= 0.3 is 0 Å². The molecule has 160 valence electrons. The van der Waals surface area contributed by atoms with Gasteiger partial charge in [0, 0.05) is 38.5 Å². The molecular weight excluding hydrogens is 418 g/mol. The van der Waals surface area contributed by atoms with Crippen molar-refractivity contribution in [3.63, 3.8) is 0 Å². The number of hydrogen-bond acceptors (Lipinski definition) is 6. The number of rotatable bonds is 6. The zero-order valence-corrected chi connectivity index (χ0v) is 18.4. The normalized spacial score (nSPS) is 13.2. The molecule has 9 nitrogen and oxygen atoms in total. The van der Waals surface area contributed by atoms with Gasteiger partial charge in [-0.05, 0) is 32.0 Å². The summed E-state index contributed by atoms with van der Waals surface area (Å²) in [7, 11) is 3.65. The van der Waals surface area contributed by atoms with Crippen molar-refractivity contribution in [1.82, 2.24) is 35.0 Å². The third-order valence-corrected chi connectivity index (χ3v) is 5.43. The Bertz CT molecular complexity index is 1240. The average molecular weight is 440 g/mol. The maximum atomic E-state index is 12.8. The van der Waals surface area contributed by atoms with Crippen molar-refractivity contribution in [2.75, 3.05) is 6.54 Å². The van der Waals surface area contributed by atoms with E-state index in [0.29, 0.717) is 10.9 Å². The highest BCUT2D eigenvalue weighted by atomic mass is 35.5. The van der Waals surface area contributed by atoms with Gasteiger partial charge in [0.1, 0.15) is 10.8 Å². The van der Waals surface area contributed by atoms with E-state index in [1.807, 2.05) is 52.3 Å². The van der Waals surface area contributed by atoms with Crippen LogP contribution in [0.4, 0.5) is 0 Å². The summed E-state index contributed by atoms with van der Waals surface area (Å²) in [6.45, 7) is 4.13. The first-order valence-electron chi connectivity index (χ1n) is 9.64. The first-order chi connectivity index (χ1) is 14.8. The number of carbonyl (C=O) groups excluding carboxylic acids is 1. The van der Waals surface area contributed by atoms with Crippen LogP contribution in [0.5, 0.6) is 0 Å². The first kappa shape index (κ1) is 20.8. The lowest BCUT2D eigenvalue weighted by Crippen LogP contribution is -2.40. The summed E-state index contributed by atoms with van der Waals surface area (Å²) in [6, 6.07) is 8.90. The average Bonchev–Trinajstić information content (AvgIpc) is 3.46. The van der Waals surface area contributed by atoms with Crippen LogP contribution in [0.3, 0.4) is 0 Å². The van der Waals surface area contributed by atoms with Crippen molar-refractivity contribution in [2.24, 2.45) is 14.1 Å². The van der Waals surface area contributed by atoms with Crippen LogP contribution >= 0.6 is 11.6 Å². The molecule has 1 N–H and O–H groups in total. The van der Waals surface area contributed by atoms with Crippen LogP contribution in [0.15, 0.2) is 47.2 Å². The van der Waals surface area contributed by atoms with Gasteiger partial charge < -0.3 is 9.84 Å². The van der Waals surface area contributed by atoms with E-state index in [-0.39, 0.29) is 18.1 Å². The minimum atomic E-state index is -0.652. The Morgan fingerprint density at radius 3 is 2.74 bits per heavy atom. The van der Waals surface area contributed by atoms with Crippen molar-refractivity contribution >= 4 is 17.5 Å². The molecule has 0 saturated carbocycles. The highest BCUT2D eigenvalue weighted by Crippen LogP contribution is 2.31. The van der Waals surface area contributed by atoms with Gasteiger partial charge in [0.15, 0.2) is 11.5 Å². The molecule has 31 heavy (non-hydrogen) atoms. The van der Waals surface area contributed by atoms with Crippen LogP contribution in [0, 0.1) is 6.92 Å². The Kier molecular flexibility index (Phi) is 5.36. The summed E-state index contributed by atoms with van der Waals surface area (Å²) in [5.74, 6) is 0.116. The molecule has 10 heteroatoms. The van der Waals surface area contributed by atoms with Crippen LogP contribution < -0.4 is 5.32 Å². The van der Waals surface area contributed by atoms with E-state index in [1.54, 1.807) is 27.7 Å². The quantitative estimate of drug-likeness (QED) is 0.463. The third-order valence-electron chi connectivity index (χ3n) is 5.22. The van der Waals surface area contributed by atoms with Crippen LogP contribution in [0.25, 0.3) is 11.5 Å². The number of aryl methyl sites for hydroxylation is 3. The fraction of sp³-hybridized carbons (Fsp3) is 0.286. The van der Waals surface area contributed by atoms with Crippen molar-refractivity contribution in [3.05, 3.63) is 70.5 Å². The molecule has 4 heterocycles. The van der Waals surface area contributed by atoms with Gasteiger partial charge in [0.2, 0.25) is 0 Å². The molecule has 0 radical (unpaired) electrons. The van der Waals surface area contributed by atoms with Gasteiger partial charge in [-0.15, -0.1) is 0 Å². The molecule has 4 rings (SSSR count). The standard InChI is InChI=1S/C21H22ClN7O2/c1-13-8-16(29(4)26-13)17-9-15(27-31-17)20(30)23-12-21(2,14-10-24-28(3)11-14)18-6-5-7-19(22)25-18/h5-11H,12H2,1-4H3,(H,23,30). The van der Waals surface area contributed by atoms with E-state index in [1.165, 1.54) is 0 Å². The number of aromatic nitrogens is 6.